The van der Waals surface area contributed by atoms with E-state index in [0.29, 0.717) is 5.41 Å². The van der Waals surface area contributed by atoms with Crippen LogP contribution in [0.4, 0.5) is 0 Å². The minimum atomic E-state index is 0. The zero-order valence-electron chi connectivity index (χ0n) is 13.1. The lowest BCUT2D eigenvalue weighted by molar-refractivity contribution is 0.130. The first-order valence-corrected chi connectivity index (χ1v) is 7.98. The molecular formula is C16H33ClN2. The van der Waals surface area contributed by atoms with Gasteiger partial charge in [0.25, 0.3) is 0 Å². The molecule has 3 heteroatoms. The zero-order chi connectivity index (χ0) is 13.0. The van der Waals surface area contributed by atoms with E-state index in [9.17, 15) is 0 Å². The maximum Gasteiger partial charge on any atom is 0.0105 e. The Hall–Kier alpha value is 0.210. The minimum absolute atomic E-state index is 0. The van der Waals surface area contributed by atoms with Gasteiger partial charge in [-0.25, -0.2) is 0 Å². The largest absolute Gasteiger partial charge is 0.317 e. The van der Waals surface area contributed by atoms with Gasteiger partial charge in [0, 0.05) is 12.6 Å². The quantitative estimate of drug-likeness (QED) is 0.852. The molecule has 0 bridgehead atoms. The van der Waals surface area contributed by atoms with Crippen LogP contribution in [0.25, 0.3) is 0 Å². The van der Waals surface area contributed by atoms with E-state index in [1.54, 1.807) is 0 Å². The Morgan fingerprint density at radius 2 is 1.74 bits per heavy atom. The normalized spacial score (nSPS) is 28.7. The summed E-state index contributed by atoms with van der Waals surface area (Å²) in [5.41, 5.74) is 0.612. The lowest BCUT2D eigenvalue weighted by Gasteiger charge is -2.37. The molecule has 1 N–H and O–H groups in total. The van der Waals surface area contributed by atoms with Gasteiger partial charge >= 0.3 is 0 Å². The van der Waals surface area contributed by atoms with Gasteiger partial charge in [0.05, 0.1) is 0 Å². The lowest BCUT2D eigenvalue weighted by atomic mass is 9.73. The van der Waals surface area contributed by atoms with Crippen molar-refractivity contribution < 1.29 is 0 Å². The average molecular weight is 289 g/mol. The van der Waals surface area contributed by atoms with Crippen molar-refractivity contribution >= 4 is 12.4 Å². The van der Waals surface area contributed by atoms with Crippen molar-refractivity contribution in [3.05, 3.63) is 0 Å². The first-order chi connectivity index (χ1) is 8.57. The van der Waals surface area contributed by atoms with Gasteiger partial charge in [0.2, 0.25) is 0 Å². The van der Waals surface area contributed by atoms with E-state index in [-0.39, 0.29) is 12.4 Å². The summed E-state index contributed by atoms with van der Waals surface area (Å²) in [7, 11) is 2.36. The predicted octanol–water partition coefficient (Wildman–Crippen LogP) is 3.70. The smallest absolute Gasteiger partial charge is 0.0105 e. The van der Waals surface area contributed by atoms with Crippen LogP contribution in [0.15, 0.2) is 0 Å². The second kappa shape index (κ2) is 7.85. The summed E-state index contributed by atoms with van der Waals surface area (Å²) in [4.78, 5) is 2.66. The van der Waals surface area contributed by atoms with Crippen LogP contribution in [-0.4, -0.2) is 37.6 Å². The third-order valence-corrected chi connectivity index (χ3v) is 5.17. The van der Waals surface area contributed by atoms with Crippen molar-refractivity contribution in [1.82, 2.24) is 10.2 Å². The van der Waals surface area contributed by atoms with E-state index in [1.807, 2.05) is 0 Å². The number of hydrogen-bond acceptors (Lipinski definition) is 2. The standard InChI is InChI=1S/C16H32N2.ClH/c1-16(2)9-6-14(7-10-16)13-18(3)15-5-4-11-17-12-8-15;/h14-15,17H,4-13H2,1-3H3;1H. The van der Waals surface area contributed by atoms with Crippen LogP contribution in [0.2, 0.25) is 0 Å². The van der Waals surface area contributed by atoms with E-state index in [1.165, 1.54) is 64.6 Å². The topological polar surface area (TPSA) is 15.3 Å². The summed E-state index contributed by atoms with van der Waals surface area (Å²) in [6.45, 7) is 8.64. The fraction of sp³-hybridized carbons (Fsp3) is 1.00. The van der Waals surface area contributed by atoms with Gasteiger partial charge in [-0.15, -0.1) is 12.4 Å². The van der Waals surface area contributed by atoms with E-state index in [2.05, 4.69) is 31.1 Å². The Kier molecular flexibility index (Phi) is 7.13. The lowest BCUT2D eigenvalue weighted by Crippen LogP contribution is -2.37. The highest BCUT2D eigenvalue weighted by Gasteiger charge is 2.28. The fourth-order valence-electron chi connectivity index (χ4n) is 3.64. The van der Waals surface area contributed by atoms with Crippen LogP contribution in [0, 0.1) is 11.3 Å². The van der Waals surface area contributed by atoms with Crippen molar-refractivity contribution in [1.29, 1.82) is 0 Å². The van der Waals surface area contributed by atoms with Gasteiger partial charge in [0.15, 0.2) is 0 Å². The van der Waals surface area contributed by atoms with Crippen molar-refractivity contribution in [3.8, 4) is 0 Å². The van der Waals surface area contributed by atoms with Crippen LogP contribution in [0.5, 0.6) is 0 Å². The van der Waals surface area contributed by atoms with Crippen molar-refractivity contribution in [3.63, 3.8) is 0 Å². The molecule has 0 radical (unpaired) electrons. The summed E-state index contributed by atoms with van der Waals surface area (Å²) in [6, 6.07) is 0.829. The molecule has 1 heterocycles. The molecule has 2 fully saturated rings. The number of rotatable bonds is 3. The third-order valence-electron chi connectivity index (χ3n) is 5.17. The molecule has 1 unspecified atom stereocenters. The zero-order valence-corrected chi connectivity index (χ0v) is 13.9. The van der Waals surface area contributed by atoms with Gasteiger partial charge in [0.1, 0.15) is 0 Å². The molecule has 0 aromatic rings. The van der Waals surface area contributed by atoms with Gasteiger partial charge in [-0.1, -0.05) is 13.8 Å². The Labute approximate surface area is 126 Å². The van der Waals surface area contributed by atoms with Crippen LogP contribution < -0.4 is 5.32 Å². The number of nitrogens with zero attached hydrogens (tertiary/aromatic N) is 1. The molecule has 114 valence electrons. The SMILES string of the molecule is CN(CC1CCC(C)(C)CC1)C1CCCNCC1.Cl. The van der Waals surface area contributed by atoms with Gasteiger partial charge < -0.3 is 10.2 Å². The van der Waals surface area contributed by atoms with Gasteiger partial charge in [-0.05, 0) is 76.4 Å². The van der Waals surface area contributed by atoms with Crippen LogP contribution in [0.3, 0.4) is 0 Å². The van der Waals surface area contributed by atoms with Crippen LogP contribution in [0.1, 0.15) is 58.8 Å². The number of nitrogens with one attached hydrogen (secondary N) is 1. The number of hydrogen-bond donors (Lipinski definition) is 1. The van der Waals surface area contributed by atoms with E-state index >= 15 is 0 Å². The molecule has 1 aliphatic carbocycles. The second-order valence-corrected chi connectivity index (χ2v) is 7.38. The van der Waals surface area contributed by atoms with Crippen LogP contribution >= 0.6 is 12.4 Å². The first kappa shape index (κ1) is 17.3. The van der Waals surface area contributed by atoms with Gasteiger partial charge in [-0.2, -0.15) is 0 Å². The first-order valence-electron chi connectivity index (χ1n) is 7.98. The average Bonchev–Trinajstić information content (AvgIpc) is 2.60. The highest BCUT2D eigenvalue weighted by atomic mass is 35.5. The van der Waals surface area contributed by atoms with Crippen molar-refractivity contribution in [2.24, 2.45) is 11.3 Å². The third kappa shape index (κ3) is 5.61. The molecule has 0 aromatic heterocycles. The molecule has 2 nitrogen and oxygen atoms in total. The summed E-state index contributed by atoms with van der Waals surface area (Å²) < 4.78 is 0. The van der Waals surface area contributed by atoms with E-state index in [0.717, 1.165) is 12.0 Å². The molecule has 19 heavy (non-hydrogen) atoms. The minimum Gasteiger partial charge on any atom is -0.317 e. The van der Waals surface area contributed by atoms with E-state index in [4.69, 9.17) is 0 Å². The Morgan fingerprint density at radius 3 is 2.42 bits per heavy atom. The molecule has 2 rings (SSSR count). The Balaban J connectivity index is 0.00000180. The maximum atomic E-state index is 3.52. The van der Waals surface area contributed by atoms with Crippen molar-refractivity contribution in [2.75, 3.05) is 26.7 Å². The molecule has 2 aliphatic rings. The van der Waals surface area contributed by atoms with Gasteiger partial charge in [-0.3, -0.25) is 0 Å². The summed E-state index contributed by atoms with van der Waals surface area (Å²) >= 11 is 0. The summed E-state index contributed by atoms with van der Waals surface area (Å²) in [5, 5.41) is 3.52. The molecule has 1 aliphatic heterocycles. The van der Waals surface area contributed by atoms with Crippen LogP contribution in [-0.2, 0) is 0 Å². The fourth-order valence-corrected chi connectivity index (χ4v) is 3.64. The summed E-state index contributed by atoms with van der Waals surface area (Å²) in [6.07, 6.45) is 9.84. The summed E-state index contributed by atoms with van der Waals surface area (Å²) in [5.74, 6) is 0.958. The monoisotopic (exact) mass is 288 g/mol. The van der Waals surface area contributed by atoms with Crippen molar-refractivity contribution in [2.45, 2.75) is 64.8 Å². The maximum absolute atomic E-state index is 3.52. The molecule has 0 amide bonds. The molecule has 0 aromatic carbocycles. The highest BCUT2D eigenvalue weighted by molar-refractivity contribution is 5.85. The molecule has 1 saturated heterocycles. The molecule has 1 atom stereocenters. The Morgan fingerprint density at radius 1 is 1.05 bits per heavy atom. The van der Waals surface area contributed by atoms with E-state index < -0.39 is 0 Å². The predicted molar refractivity (Wildman–Crippen MR) is 86.1 cm³/mol. The molecular weight excluding hydrogens is 256 g/mol. The number of halogens is 1. The Bertz CT molecular complexity index is 237. The molecule has 0 spiro atoms. The molecule has 1 saturated carbocycles. The second-order valence-electron chi connectivity index (χ2n) is 7.38. The highest BCUT2D eigenvalue weighted by Crippen LogP contribution is 2.38.